The third-order valence-electron chi connectivity index (χ3n) is 6.99. The summed E-state index contributed by atoms with van der Waals surface area (Å²) in [5, 5.41) is 3.24. The Labute approximate surface area is 242 Å². The fourth-order valence-electron chi connectivity index (χ4n) is 4.81. The number of halogens is 2. The summed E-state index contributed by atoms with van der Waals surface area (Å²) in [4.78, 5) is 29.2. The normalized spacial score (nSPS) is 14.2. The van der Waals surface area contributed by atoms with Gasteiger partial charge in [-0.1, -0.05) is 84.2 Å². The summed E-state index contributed by atoms with van der Waals surface area (Å²) in [6.45, 7) is 2.24. The number of nitrogens with one attached hydrogen (secondary N) is 1. The van der Waals surface area contributed by atoms with Crippen molar-refractivity contribution in [2.75, 3.05) is 6.61 Å². The van der Waals surface area contributed by atoms with Crippen LogP contribution in [-0.4, -0.2) is 35.4 Å². The molecule has 0 bridgehead atoms. The maximum absolute atomic E-state index is 13.8. The summed E-state index contributed by atoms with van der Waals surface area (Å²) >= 11 is 7.05. The Morgan fingerprint density at radius 1 is 0.947 bits per heavy atom. The molecule has 1 aliphatic carbocycles. The van der Waals surface area contributed by atoms with Crippen LogP contribution in [0, 0.1) is 0 Å². The molecular weight excluding hydrogens is 608 g/mol. The van der Waals surface area contributed by atoms with Crippen molar-refractivity contribution in [2.45, 2.75) is 64.1 Å². The van der Waals surface area contributed by atoms with E-state index in [1.807, 2.05) is 72.8 Å². The largest absolute Gasteiger partial charge is 0.483 e. The highest BCUT2D eigenvalue weighted by Gasteiger charge is 2.32. The van der Waals surface area contributed by atoms with Gasteiger partial charge in [0, 0.05) is 23.5 Å². The predicted molar refractivity (Wildman–Crippen MR) is 158 cm³/mol. The molecule has 38 heavy (non-hydrogen) atoms. The van der Waals surface area contributed by atoms with Gasteiger partial charge in [0.05, 0.1) is 4.47 Å². The first-order valence-electron chi connectivity index (χ1n) is 13.2. The Balaban J connectivity index is 1.60. The van der Waals surface area contributed by atoms with Crippen molar-refractivity contribution in [3.8, 4) is 5.75 Å². The lowest BCUT2D eigenvalue weighted by Gasteiger charge is -2.32. The number of hydrogen-bond donors (Lipinski definition) is 1. The second-order valence-corrected chi connectivity index (χ2v) is 11.5. The molecule has 3 aromatic rings. The number of hydrogen-bond acceptors (Lipinski definition) is 3. The summed E-state index contributed by atoms with van der Waals surface area (Å²) in [6, 6.07) is 23.1. The van der Waals surface area contributed by atoms with Crippen LogP contribution < -0.4 is 10.1 Å². The quantitative estimate of drug-likeness (QED) is 0.249. The van der Waals surface area contributed by atoms with Crippen LogP contribution >= 0.6 is 31.9 Å². The van der Waals surface area contributed by atoms with Gasteiger partial charge in [-0.05, 0) is 76.1 Å². The van der Waals surface area contributed by atoms with Crippen molar-refractivity contribution in [3.63, 3.8) is 0 Å². The summed E-state index contributed by atoms with van der Waals surface area (Å²) in [6.07, 6.45) is 5.54. The summed E-state index contributed by atoms with van der Waals surface area (Å²) in [5.41, 5.74) is 3.13. The van der Waals surface area contributed by atoms with E-state index in [1.54, 1.807) is 4.90 Å². The molecule has 0 radical (unpaired) electrons. The van der Waals surface area contributed by atoms with E-state index in [2.05, 4.69) is 44.1 Å². The van der Waals surface area contributed by atoms with Crippen molar-refractivity contribution >= 4 is 43.7 Å². The molecule has 1 fully saturated rings. The van der Waals surface area contributed by atoms with Gasteiger partial charge in [0.2, 0.25) is 5.91 Å². The molecule has 0 saturated heterocycles. The lowest BCUT2D eigenvalue weighted by molar-refractivity contribution is -0.143. The molecule has 3 aromatic carbocycles. The summed E-state index contributed by atoms with van der Waals surface area (Å²) in [5.74, 6) is 0.260. The molecule has 1 atom stereocenters. The SMILES string of the molecule is CCc1ccc(OCC(=O)N(Cc2ccc(Br)cc2)[C@H](Cc2ccccc2)C(=O)NC2CCCC2)c(Br)c1. The molecule has 200 valence electrons. The second-order valence-electron chi connectivity index (χ2n) is 9.75. The molecule has 0 aromatic heterocycles. The molecule has 7 heteroatoms. The number of carbonyl (C=O) groups excluding carboxylic acids is 2. The highest BCUT2D eigenvalue weighted by Crippen LogP contribution is 2.27. The molecule has 1 N–H and O–H groups in total. The van der Waals surface area contributed by atoms with Crippen LogP contribution in [0.5, 0.6) is 5.75 Å². The molecule has 5 nitrogen and oxygen atoms in total. The molecule has 0 aliphatic heterocycles. The van der Waals surface area contributed by atoms with Gasteiger partial charge in [-0.2, -0.15) is 0 Å². The van der Waals surface area contributed by atoms with E-state index >= 15 is 0 Å². The van der Waals surface area contributed by atoms with Crippen molar-refractivity contribution in [1.82, 2.24) is 10.2 Å². The monoisotopic (exact) mass is 640 g/mol. The van der Waals surface area contributed by atoms with Gasteiger partial charge in [0.1, 0.15) is 11.8 Å². The van der Waals surface area contributed by atoms with E-state index < -0.39 is 6.04 Å². The van der Waals surface area contributed by atoms with Crippen LogP contribution in [-0.2, 0) is 29.0 Å². The molecule has 2 amide bonds. The predicted octanol–water partition coefficient (Wildman–Crippen LogP) is 6.85. The number of ether oxygens (including phenoxy) is 1. The second kappa shape index (κ2) is 13.9. The molecule has 1 aliphatic rings. The van der Waals surface area contributed by atoms with E-state index in [-0.39, 0.29) is 24.5 Å². The van der Waals surface area contributed by atoms with Crippen LogP contribution in [0.15, 0.2) is 81.7 Å². The third kappa shape index (κ3) is 7.93. The lowest BCUT2D eigenvalue weighted by Crippen LogP contribution is -2.53. The highest BCUT2D eigenvalue weighted by molar-refractivity contribution is 9.10. The molecule has 0 spiro atoms. The Bertz CT molecular complexity index is 1210. The first-order chi connectivity index (χ1) is 18.4. The topological polar surface area (TPSA) is 58.6 Å². The average molecular weight is 642 g/mol. The van der Waals surface area contributed by atoms with E-state index in [0.29, 0.717) is 18.7 Å². The Hall–Kier alpha value is -2.64. The fraction of sp³-hybridized carbons (Fsp3) is 0.355. The zero-order chi connectivity index (χ0) is 26.9. The van der Waals surface area contributed by atoms with Gasteiger partial charge in [-0.15, -0.1) is 0 Å². The smallest absolute Gasteiger partial charge is 0.261 e. The molecular formula is C31H34Br2N2O3. The number of nitrogens with zero attached hydrogens (tertiary/aromatic N) is 1. The van der Waals surface area contributed by atoms with Gasteiger partial charge < -0.3 is 15.0 Å². The zero-order valence-corrected chi connectivity index (χ0v) is 24.8. The number of amides is 2. The van der Waals surface area contributed by atoms with Gasteiger partial charge in [0.25, 0.3) is 5.91 Å². The van der Waals surface area contributed by atoms with Gasteiger partial charge >= 0.3 is 0 Å². The van der Waals surface area contributed by atoms with Crippen molar-refractivity contribution in [1.29, 1.82) is 0 Å². The van der Waals surface area contributed by atoms with Crippen LogP contribution in [0.2, 0.25) is 0 Å². The van der Waals surface area contributed by atoms with Gasteiger partial charge in [0.15, 0.2) is 6.61 Å². The van der Waals surface area contributed by atoms with Crippen molar-refractivity contribution in [3.05, 3.63) is 98.4 Å². The van der Waals surface area contributed by atoms with Crippen LogP contribution in [0.3, 0.4) is 0 Å². The van der Waals surface area contributed by atoms with E-state index in [4.69, 9.17) is 4.74 Å². The summed E-state index contributed by atoms with van der Waals surface area (Å²) in [7, 11) is 0. The van der Waals surface area contributed by atoms with Crippen LogP contribution in [0.1, 0.15) is 49.3 Å². The third-order valence-corrected chi connectivity index (χ3v) is 8.14. The molecule has 1 saturated carbocycles. The first-order valence-corrected chi connectivity index (χ1v) is 14.8. The van der Waals surface area contributed by atoms with E-state index in [1.165, 1.54) is 5.56 Å². The highest BCUT2D eigenvalue weighted by atomic mass is 79.9. The Morgan fingerprint density at radius 3 is 2.29 bits per heavy atom. The van der Waals surface area contributed by atoms with Crippen LogP contribution in [0.25, 0.3) is 0 Å². The van der Waals surface area contributed by atoms with E-state index in [0.717, 1.165) is 52.2 Å². The number of rotatable bonds is 11. The average Bonchev–Trinajstić information content (AvgIpc) is 3.44. The maximum Gasteiger partial charge on any atom is 0.261 e. The van der Waals surface area contributed by atoms with E-state index in [9.17, 15) is 9.59 Å². The minimum absolute atomic E-state index is 0.111. The minimum Gasteiger partial charge on any atom is -0.483 e. The van der Waals surface area contributed by atoms with Gasteiger partial charge in [-0.25, -0.2) is 0 Å². The minimum atomic E-state index is -0.663. The maximum atomic E-state index is 13.8. The van der Waals surface area contributed by atoms with Crippen LogP contribution in [0.4, 0.5) is 0 Å². The number of carbonyl (C=O) groups is 2. The Morgan fingerprint density at radius 2 is 1.63 bits per heavy atom. The molecule has 0 heterocycles. The van der Waals surface area contributed by atoms with Crippen molar-refractivity contribution in [2.24, 2.45) is 0 Å². The summed E-state index contributed by atoms with van der Waals surface area (Å²) < 4.78 is 7.74. The number of benzene rings is 3. The first kappa shape index (κ1) is 28.4. The Kier molecular flexibility index (Phi) is 10.4. The van der Waals surface area contributed by atoms with Crippen molar-refractivity contribution < 1.29 is 14.3 Å². The lowest BCUT2D eigenvalue weighted by atomic mass is 10.0. The standard InChI is InChI=1S/C31H34Br2N2O3/c1-2-22-14-17-29(27(33)18-22)38-21-30(36)35(20-24-12-15-25(32)16-13-24)28(19-23-8-4-3-5-9-23)31(37)34-26-10-6-7-11-26/h3-5,8-9,12-18,26,28H,2,6-7,10-11,19-21H2,1H3,(H,34,37)/t28-/m1/s1. The zero-order valence-electron chi connectivity index (χ0n) is 21.7. The van der Waals surface area contributed by atoms with Gasteiger partial charge in [-0.3, -0.25) is 9.59 Å². The fourth-order valence-corrected chi connectivity index (χ4v) is 5.62. The molecule has 0 unspecified atom stereocenters. The molecule has 4 rings (SSSR count). The number of aryl methyl sites for hydroxylation is 1.